The van der Waals surface area contributed by atoms with E-state index < -0.39 is 5.92 Å². The maximum Gasteiger partial charge on any atom is 0.310 e. The number of phenolic OH excluding ortho intramolecular Hbond substituents is 1. The molecule has 1 N–H and O–H groups in total. The van der Waals surface area contributed by atoms with E-state index in [0.717, 1.165) is 67.5 Å². The molecule has 4 aliphatic rings. The van der Waals surface area contributed by atoms with Crippen LogP contribution in [0.5, 0.6) is 28.7 Å². The fraction of sp³-hybridized carbons (Fsp3) is 0.536. The van der Waals surface area contributed by atoms with E-state index in [1.54, 1.807) is 32.8 Å². The number of carbonyl (C=O) groups is 1. The van der Waals surface area contributed by atoms with Gasteiger partial charge in [0.25, 0.3) is 0 Å². The lowest BCUT2D eigenvalue weighted by Gasteiger charge is -2.38. The first-order valence-corrected chi connectivity index (χ1v) is 17.1. The number of ether oxygens (including phenoxy) is 6. The molecular formula is C28H33NO8S3. The fourth-order valence-electron chi connectivity index (χ4n) is 6.00. The minimum absolute atomic E-state index is 0.0254. The smallest absolute Gasteiger partial charge is 0.310 e. The quantitative estimate of drug-likeness (QED) is 0.227. The van der Waals surface area contributed by atoms with Crippen LogP contribution in [0.15, 0.2) is 24.3 Å². The Bertz CT molecular complexity index is 1220. The second kappa shape index (κ2) is 12.4. The van der Waals surface area contributed by atoms with Crippen molar-refractivity contribution in [3.8, 4) is 28.7 Å². The first kappa shape index (κ1) is 28.0. The van der Waals surface area contributed by atoms with Crippen LogP contribution >= 0.6 is 31.4 Å². The largest absolute Gasteiger partial charge is 0.502 e. The van der Waals surface area contributed by atoms with Crippen molar-refractivity contribution in [2.75, 3.05) is 66.2 Å². The molecule has 9 nitrogen and oxygen atoms in total. The standard InChI is InChI=1S/C28H33NO8S3/c1-32-22-10-16(11-23(33-2)26(22)30)24-17-12-20-21(37-15-36-20)13-18(17)27(19-14-35-28(31)25(19)24)39-40-38-9-3-4-29-5-7-34-8-6-29/h10-13,19,24-25,27,30H,3-9,14-15H2,1-2H3/t19-,24+,25-,27+/m0/s1. The highest BCUT2D eigenvalue weighted by molar-refractivity contribution is 9.09. The minimum Gasteiger partial charge on any atom is -0.502 e. The van der Waals surface area contributed by atoms with E-state index in [2.05, 4.69) is 11.0 Å². The van der Waals surface area contributed by atoms with Gasteiger partial charge in [-0.25, -0.2) is 0 Å². The lowest BCUT2D eigenvalue weighted by molar-refractivity contribution is -0.141. The van der Waals surface area contributed by atoms with E-state index in [4.69, 9.17) is 28.4 Å². The lowest BCUT2D eigenvalue weighted by Crippen LogP contribution is -2.36. The summed E-state index contributed by atoms with van der Waals surface area (Å²) >= 11 is 0. The van der Waals surface area contributed by atoms with Crippen LogP contribution in [0.1, 0.15) is 34.3 Å². The molecule has 0 radical (unpaired) electrons. The molecule has 2 aromatic carbocycles. The van der Waals surface area contributed by atoms with E-state index in [1.165, 1.54) is 14.2 Å². The van der Waals surface area contributed by atoms with E-state index in [0.29, 0.717) is 23.9 Å². The molecule has 0 unspecified atom stereocenters. The fourth-order valence-corrected chi connectivity index (χ4v) is 10.7. The van der Waals surface area contributed by atoms with Gasteiger partial charge in [0.2, 0.25) is 12.5 Å². The highest BCUT2D eigenvalue weighted by Crippen LogP contribution is 2.61. The van der Waals surface area contributed by atoms with Crippen LogP contribution in [0, 0.1) is 11.8 Å². The van der Waals surface area contributed by atoms with Crippen LogP contribution < -0.4 is 18.9 Å². The molecule has 0 bridgehead atoms. The molecule has 3 aliphatic heterocycles. The van der Waals surface area contributed by atoms with Gasteiger partial charge < -0.3 is 33.5 Å². The number of hydrogen-bond acceptors (Lipinski definition) is 12. The van der Waals surface area contributed by atoms with E-state index in [-0.39, 0.29) is 35.6 Å². The average Bonchev–Trinajstić information content (AvgIpc) is 3.60. The van der Waals surface area contributed by atoms with Crippen LogP contribution in [-0.4, -0.2) is 82.2 Å². The molecule has 3 heterocycles. The third-order valence-electron chi connectivity index (χ3n) is 7.98. The summed E-state index contributed by atoms with van der Waals surface area (Å²) in [6.07, 6.45) is 1.12. The number of esters is 1. The number of benzene rings is 2. The van der Waals surface area contributed by atoms with Crippen LogP contribution in [0.2, 0.25) is 0 Å². The summed E-state index contributed by atoms with van der Waals surface area (Å²) < 4.78 is 33.6. The zero-order chi connectivity index (χ0) is 27.6. The van der Waals surface area contributed by atoms with E-state index >= 15 is 0 Å². The van der Waals surface area contributed by atoms with Crippen molar-refractivity contribution in [3.63, 3.8) is 0 Å². The molecule has 2 fully saturated rings. The molecule has 0 aromatic heterocycles. The number of morpholine rings is 1. The van der Waals surface area contributed by atoms with Crippen LogP contribution in [0.3, 0.4) is 0 Å². The first-order chi connectivity index (χ1) is 19.6. The van der Waals surface area contributed by atoms with Gasteiger partial charge in [-0.15, -0.1) is 0 Å². The van der Waals surface area contributed by atoms with Crippen LogP contribution in [0.25, 0.3) is 0 Å². The van der Waals surface area contributed by atoms with Gasteiger partial charge in [0, 0.05) is 35.9 Å². The lowest BCUT2D eigenvalue weighted by atomic mass is 9.67. The highest BCUT2D eigenvalue weighted by Gasteiger charge is 2.53. The molecule has 4 atom stereocenters. The van der Waals surface area contributed by atoms with Crippen LogP contribution in [0.4, 0.5) is 0 Å². The molecule has 2 saturated heterocycles. The van der Waals surface area contributed by atoms with Crippen molar-refractivity contribution in [2.24, 2.45) is 11.8 Å². The number of hydrogen-bond donors (Lipinski definition) is 1. The molecule has 12 heteroatoms. The van der Waals surface area contributed by atoms with Gasteiger partial charge in [-0.2, -0.15) is 0 Å². The number of fused-ring (bicyclic) bond motifs is 3. The monoisotopic (exact) mass is 607 g/mol. The number of methoxy groups -OCH3 is 2. The maximum atomic E-state index is 13.3. The molecule has 0 saturated carbocycles. The number of cyclic esters (lactones) is 1. The molecule has 216 valence electrons. The first-order valence-electron chi connectivity index (χ1n) is 13.4. The molecule has 6 rings (SSSR count). The normalized spacial score (nSPS) is 25.3. The highest BCUT2D eigenvalue weighted by atomic mass is 33.5. The Morgan fingerprint density at radius 2 is 1.70 bits per heavy atom. The number of nitrogens with zero attached hydrogens (tertiary/aromatic N) is 1. The zero-order valence-electron chi connectivity index (χ0n) is 22.5. The van der Waals surface area contributed by atoms with Gasteiger partial charge in [0.05, 0.1) is 40.0 Å². The van der Waals surface area contributed by atoms with Gasteiger partial charge in [-0.05, 0) is 63.7 Å². The second-order valence-corrected chi connectivity index (χ2v) is 14.5. The summed E-state index contributed by atoms with van der Waals surface area (Å²) in [4.78, 5) is 15.8. The number of rotatable bonds is 10. The Balaban J connectivity index is 1.27. The minimum atomic E-state index is -0.392. The van der Waals surface area contributed by atoms with E-state index in [9.17, 15) is 9.90 Å². The Morgan fingerprint density at radius 3 is 2.40 bits per heavy atom. The molecule has 1 aliphatic carbocycles. The Hall–Kier alpha value is -2.12. The number of phenols is 1. The molecular weight excluding hydrogens is 575 g/mol. The Labute approximate surface area is 245 Å². The summed E-state index contributed by atoms with van der Waals surface area (Å²) in [5.74, 6) is 2.00. The van der Waals surface area contributed by atoms with Crippen molar-refractivity contribution < 1.29 is 38.3 Å². The Morgan fingerprint density at radius 1 is 1.00 bits per heavy atom. The van der Waals surface area contributed by atoms with Crippen molar-refractivity contribution in [1.82, 2.24) is 4.90 Å². The van der Waals surface area contributed by atoms with Gasteiger partial charge >= 0.3 is 5.97 Å². The predicted octanol–water partition coefficient (Wildman–Crippen LogP) is 4.87. The van der Waals surface area contributed by atoms with Gasteiger partial charge in [0.15, 0.2) is 23.0 Å². The summed E-state index contributed by atoms with van der Waals surface area (Å²) in [5.41, 5.74) is 2.93. The third-order valence-corrected chi connectivity index (χ3v) is 12.6. The van der Waals surface area contributed by atoms with Crippen molar-refractivity contribution in [1.29, 1.82) is 0 Å². The van der Waals surface area contributed by atoms with E-state index in [1.807, 2.05) is 16.9 Å². The summed E-state index contributed by atoms with van der Waals surface area (Å²) in [6.45, 7) is 5.30. The predicted molar refractivity (Wildman–Crippen MR) is 156 cm³/mol. The SMILES string of the molecule is COc1cc([C@@H]2c3cc4c(cc3[C@@H](SSSCCCN3CCOCC3)[C@H]3COC(=O)[C@H]23)OCO4)cc(OC)c1O. The average molecular weight is 608 g/mol. The van der Waals surface area contributed by atoms with Crippen LogP contribution in [-0.2, 0) is 14.3 Å². The third kappa shape index (κ3) is 5.40. The topological polar surface area (TPSA) is 95.9 Å². The molecule has 0 spiro atoms. The molecule has 40 heavy (non-hydrogen) atoms. The summed E-state index contributed by atoms with van der Waals surface area (Å²) in [5, 5.41) is 10.6. The zero-order valence-corrected chi connectivity index (χ0v) is 24.9. The second-order valence-electron chi connectivity index (χ2n) is 10.1. The van der Waals surface area contributed by atoms with Gasteiger partial charge in [0.1, 0.15) is 0 Å². The Kier molecular flexibility index (Phi) is 8.69. The van der Waals surface area contributed by atoms with Crippen molar-refractivity contribution in [3.05, 3.63) is 41.0 Å². The van der Waals surface area contributed by atoms with Gasteiger partial charge in [-0.1, -0.05) is 21.6 Å². The number of carbonyl (C=O) groups excluding carboxylic acids is 1. The van der Waals surface area contributed by atoms with Gasteiger partial charge in [-0.3, -0.25) is 9.69 Å². The molecule has 0 amide bonds. The van der Waals surface area contributed by atoms with Crippen molar-refractivity contribution >= 4 is 37.4 Å². The summed E-state index contributed by atoms with van der Waals surface area (Å²) in [7, 11) is 8.43. The number of aromatic hydroxyl groups is 1. The molecule has 2 aromatic rings. The van der Waals surface area contributed by atoms with Crippen molar-refractivity contribution in [2.45, 2.75) is 17.6 Å². The summed E-state index contributed by atoms with van der Waals surface area (Å²) in [6, 6.07) is 7.64. The maximum absolute atomic E-state index is 13.3.